The molecule has 0 bridgehead atoms. The third-order valence-electron chi connectivity index (χ3n) is 5.30. The number of nitrogens with one attached hydrogen (secondary N) is 3. The zero-order valence-electron chi connectivity index (χ0n) is 13.8. The third-order valence-corrected chi connectivity index (χ3v) is 5.30. The Morgan fingerprint density at radius 1 is 1.25 bits per heavy atom. The summed E-state index contributed by atoms with van der Waals surface area (Å²) in [5.74, 6) is 1.83. The van der Waals surface area contributed by atoms with Gasteiger partial charge in [0, 0.05) is 37.6 Å². The highest BCUT2D eigenvalue weighted by atomic mass is 16.2. The minimum absolute atomic E-state index is 0.0548. The number of H-pyrrole nitrogens is 1. The maximum absolute atomic E-state index is 12.4. The molecule has 1 unspecified atom stereocenters. The van der Waals surface area contributed by atoms with E-state index in [0.717, 1.165) is 19.4 Å². The number of urea groups is 1. The van der Waals surface area contributed by atoms with E-state index < -0.39 is 0 Å². The Kier molecular flexibility index (Phi) is 4.16. The summed E-state index contributed by atoms with van der Waals surface area (Å²) in [6.07, 6.45) is 10.0. The maximum Gasteiger partial charge on any atom is 0.315 e. The summed E-state index contributed by atoms with van der Waals surface area (Å²) < 4.78 is 0. The van der Waals surface area contributed by atoms with Gasteiger partial charge < -0.3 is 20.5 Å². The maximum atomic E-state index is 12.4. The fraction of sp³-hybridized carbons (Fsp3) is 0.706. The molecular weight excluding hydrogens is 306 g/mol. The van der Waals surface area contributed by atoms with Crippen molar-refractivity contribution in [1.82, 2.24) is 20.6 Å². The average Bonchev–Trinajstić information content (AvgIpc) is 3.47. The summed E-state index contributed by atoms with van der Waals surface area (Å²) in [4.78, 5) is 33.1. The van der Waals surface area contributed by atoms with Crippen molar-refractivity contribution < 1.29 is 4.79 Å². The Hall–Kier alpha value is -2.05. The topological polar surface area (TPSA) is 90.1 Å². The molecule has 1 aliphatic heterocycles. The number of hydrogen-bond acceptors (Lipinski definition) is 4. The van der Waals surface area contributed by atoms with Crippen LogP contribution < -0.4 is 21.1 Å². The summed E-state index contributed by atoms with van der Waals surface area (Å²) in [6, 6.07) is 0.364. The van der Waals surface area contributed by atoms with Crippen molar-refractivity contribution in [3.63, 3.8) is 0 Å². The predicted octanol–water partition coefficient (Wildman–Crippen LogP) is 1.23. The second kappa shape index (κ2) is 6.45. The van der Waals surface area contributed by atoms with Gasteiger partial charge in [-0.25, -0.2) is 9.78 Å². The van der Waals surface area contributed by atoms with Crippen molar-refractivity contribution >= 4 is 11.8 Å². The second-order valence-corrected chi connectivity index (χ2v) is 7.35. The van der Waals surface area contributed by atoms with E-state index in [1.54, 1.807) is 6.20 Å². The van der Waals surface area contributed by atoms with Gasteiger partial charge in [0.05, 0.1) is 0 Å². The lowest BCUT2D eigenvalue weighted by Gasteiger charge is -2.33. The molecule has 7 heteroatoms. The Morgan fingerprint density at radius 2 is 2.00 bits per heavy atom. The number of carbonyl (C=O) groups is 1. The number of hydrogen-bond donors (Lipinski definition) is 3. The Morgan fingerprint density at radius 3 is 2.67 bits per heavy atom. The lowest BCUT2D eigenvalue weighted by Crippen LogP contribution is -2.53. The lowest BCUT2D eigenvalue weighted by molar-refractivity contribution is 0.227. The largest absolute Gasteiger partial charge is 0.350 e. The molecule has 2 saturated carbocycles. The molecule has 2 heterocycles. The van der Waals surface area contributed by atoms with Gasteiger partial charge in [-0.1, -0.05) is 0 Å². The van der Waals surface area contributed by atoms with Gasteiger partial charge in [0.25, 0.3) is 5.56 Å². The number of anilines is 1. The first kappa shape index (κ1) is 15.5. The van der Waals surface area contributed by atoms with Crippen molar-refractivity contribution in [2.75, 3.05) is 18.0 Å². The van der Waals surface area contributed by atoms with Gasteiger partial charge in [-0.05, 0) is 50.4 Å². The van der Waals surface area contributed by atoms with Crippen molar-refractivity contribution in [3.05, 3.63) is 22.7 Å². The van der Waals surface area contributed by atoms with Crippen LogP contribution in [0.4, 0.5) is 10.6 Å². The molecule has 2 amide bonds. The van der Waals surface area contributed by atoms with Gasteiger partial charge in [-0.2, -0.15) is 0 Å². The summed E-state index contributed by atoms with van der Waals surface area (Å²) in [5, 5.41) is 6.30. The third kappa shape index (κ3) is 3.55. The molecule has 3 aliphatic rings. The van der Waals surface area contributed by atoms with E-state index in [2.05, 4.69) is 20.6 Å². The average molecular weight is 331 g/mol. The first-order chi connectivity index (χ1) is 11.7. The molecule has 1 aromatic heterocycles. The van der Waals surface area contributed by atoms with Crippen LogP contribution in [0.5, 0.6) is 0 Å². The molecule has 0 spiro atoms. The minimum atomic E-state index is -0.176. The summed E-state index contributed by atoms with van der Waals surface area (Å²) in [6.45, 7) is 1.43. The minimum Gasteiger partial charge on any atom is -0.350 e. The predicted molar refractivity (Wildman–Crippen MR) is 91.0 cm³/mol. The van der Waals surface area contributed by atoms with Crippen LogP contribution in [-0.4, -0.2) is 41.2 Å². The SMILES string of the molecule is O=C(NC1CCCN(c2ncc[nH]c2=O)C1)NC(C1CC1)C1CC1. The number of carbonyl (C=O) groups excluding carboxylic acids is 1. The van der Waals surface area contributed by atoms with E-state index in [0.29, 0.717) is 30.2 Å². The van der Waals surface area contributed by atoms with Gasteiger partial charge in [0.2, 0.25) is 0 Å². The molecule has 1 saturated heterocycles. The van der Waals surface area contributed by atoms with Gasteiger partial charge in [-0.15, -0.1) is 0 Å². The summed E-state index contributed by atoms with van der Waals surface area (Å²) in [5.41, 5.74) is -0.176. The monoisotopic (exact) mass is 331 g/mol. The molecule has 2 aliphatic carbocycles. The zero-order valence-corrected chi connectivity index (χ0v) is 13.8. The quantitative estimate of drug-likeness (QED) is 0.757. The number of aromatic nitrogens is 2. The van der Waals surface area contributed by atoms with E-state index in [1.807, 2.05) is 4.90 Å². The Labute approximate surface area is 141 Å². The number of nitrogens with zero attached hydrogens (tertiary/aromatic N) is 2. The molecular formula is C17H25N5O2. The summed E-state index contributed by atoms with van der Waals surface area (Å²) >= 11 is 0. The smallest absolute Gasteiger partial charge is 0.315 e. The van der Waals surface area contributed by atoms with E-state index in [-0.39, 0.29) is 17.6 Å². The molecule has 3 fully saturated rings. The Balaban J connectivity index is 1.33. The van der Waals surface area contributed by atoms with Crippen LogP contribution in [-0.2, 0) is 0 Å². The van der Waals surface area contributed by atoms with Crippen LogP contribution in [0.2, 0.25) is 0 Å². The molecule has 1 aromatic rings. The van der Waals surface area contributed by atoms with Gasteiger partial charge >= 0.3 is 6.03 Å². The highest BCUT2D eigenvalue weighted by molar-refractivity contribution is 5.75. The standard InChI is InChI=1S/C17H25N5O2/c23-16-15(18-7-8-19-16)22-9-1-2-13(10-22)20-17(24)21-14(11-3-4-11)12-5-6-12/h7-8,11-14H,1-6,9-10H2,(H,19,23)(H2,20,21,24). The van der Waals surface area contributed by atoms with Crippen LogP contribution in [0.3, 0.4) is 0 Å². The fourth-order valence-electron chi connectivity index (χ4n) is 3.77. The van der Waals surface area contributed by atoms with E-state index in [4.69, 9.17) is 0 Å². The molecule has 7 nitrogen and oxygen atoms in total. The lowest BCUT2D eigenvalue weighted by atomic mass is 10.1. The van der Waals surface area contributed by atoms with E-state index in [1.165, 1.54) is 31.9 Å². The fourth-order valence-corrected chi connectivity index (χ4v) is 3.77. The van der Waals surface area contributed by atoms with Crippen LogP contribution in [0.25, 0.3) is 0 Å². The van der Waals surface area contributed by atoms with Crippen LogP contribution in [0.1, 0.15) is 38.5 Å². The van der Waals surface area contributed by atoms with Crippen molar-refractivity contribution in [3.8, 4) is 0 Å². The Bertz CT molecular complexity index is 640. The van der Waals surface area contributed by atoms with Crippen LogP contribution in [0, 0.1) is 11.8 Å². The van der Waals surface area contributed by atoms with Crippen molar-refractivity contribution in [2.24, 2.45) is 11.8 Å². The summed E-state index contributed by atoms with van der Waals surface area (Å²) in [7, 11) is 0. The molecule has 0 aromatic carbocycles. The van der Waals surface area contributed by atoms with E-state index >= 15 is 0 Å². The first-order valence-corrected chi connectivity index (χ1v) is 9.06. The second-order valence-electron chi connectivity index (χ2n) is 7.35. The number of piperidine rings is 1. The molecule has 1 atom stereocenters. The molecule has 0 radical (unpaired) electrons. The van der Waals surface area contributed by atoms with Gasteiger partial charge in [-0.3, -0.25) is 4.79 Å². The normalized spacial score (nSPS) is 24.0. The highest BCUT2D eigenvalue weighted by Crippen LogP contribution is 2.44. The highest BCUT2D eigenvalue weighted by Gasteiger charge is 2.42. The van der Waals surface area contributed by atoms with Gasteiger partial charge in [0.1, 0.15) is 0 Å². The van der Waals surface area contributed by atoms with E-state index in [9.17, 15) is 9.59 Å². The molecule has 4 rings (SSSR count). The van der Waals surface area contributed by atoms with Gasteiger partial charge in [0.15, 0.2) is 5.82 Å². The van der Waals surface area contributed by atoms with Crippen molar-refractivity contribution in [2.45, 2.75) is 50.6 Å². The van der Waals surface area contributed by atoms with Crippen molar-refractivity contribution in [1.29, 1.82) is 0 Å². The number of rotatable bonds is 5. The first-order valence-electron chi connectivity index (χ1n) is 9.06. The number of aromatic amines is 1. The zero-order chi connectivity index (χ0) is 16.5. The van der Waals surface area contributed by atoms with Crippen LogP contribution in [0.15, 0.2) is 17.2 Å². The molecule has 24 heavy (non-hydrogen) atoms. The molecule has 3 N–H and O–H groups in total. The number of amides is 2. The molecule has 130 valence electrons. The van der Waals surface area contributed by atoms with Crippen LogP contribution >= 0.6 is 0 Å².